The van der Waals surface area contributed by atoms with Gasteiger partial charge in [0.15, 0.2) is 0 Å². The average Bonchev–Trinajstić information content (AvgIpc) is 3.22. The molecule has 0 radical (unpaired) electrons. The first-order valence-corrected chi connectivity index (χ1v) is 10.1. The van der Waals surface area contributed by atoms with E-state index in [1.807, 2.05) is 10.9 Å². The van der Waals surface area contributed by atoms with Crippen molar-refractivity contribution in [3.8, 4) is 0 Å². The lowest BCUT2D eigenvalue weighted by molar-refractivity contribution is 0.0602. The van der Waals surface area contributed by atoms with Gasteiger partial charge >= 0.3 is 5.97 Å². The first-order chi connectivity index (χ1) is 11.5. The number of nitrogens with zero attached hydrogens (tertiary/aromatic N) is 2. The van der Waals surface area contributed by atoms with Crippen molar-refractivity contribution in [3.05, 3.63) is 33.8 Å². The van der Waals surface area contributed by atoms with Crippen molar-refractivity contribution in [3.63, 3.8) is 0 Å². The van der Waals surface area contributed by atoms with Crippen LogP contribution in [0.25, 0.3) is 0 Å². The van der Waals surface area contributed by atoms with E-state index < -0.39 is 16.0 Å². The van der Waals surface area contributed by atoms with Crippen LogP contribution >= 0.6 is 11.3 Å². The molecule has 0 saturated carbocycles. The molecule has 2 heterocycles. The minimum Gasteiger partial charge on any atom is -0.465 e. The van der Waals surface area contributed by atoms with Crippen LogP contribution < -0.4 is 4.72 Å². The third-order valence-electron chi connectivity index (χ3n) is 4.05. The molecule has 0 spiro atoms. The lowest BCUT2D eigenvalue weighted by Gasteiger charge is -2.14. The summed E-state index contributed by atoms with van der Waals surface area (Å²) in [5, 5.41) is 5.91. The van der Waals surface area contributed by atoms with E-state index in [1.165, 1.54) is 30.9 Å². The Kier molecular flexibility index (Phi) is 5.02. The maximum absolute atomic E-state index is 12.4. The number of esters is 1. The molecular weight excluding hydrogens is 350 g/mol. The Hall–Kier alpha value is -1.71. The second-order valence-electron chi connectivity index (χ2n) is 5.55. The molecule has 1 aliphatic rings. The fraction of sp³-hybridized carbons (Fsp3) is 0.467. The molecule has 1 N–H and O–H groups in total. The number of hydrogen-bond acceptors (Lipinski definition) is 6. The van der Waals surface area contributed by atoms with E-state index in [9.17, 15) is 13.2 Å². The van der Waals surface area contributed by atoms with E-state index in [4.69, 9.17) is 0 Å². The highest BCUT2D eigenvalue weighted by Crippen LogP contribution is 2.23. The van der Waals surface area contributed by atoms with Crippen molar-refractivity contribution < 1.29 is 17.9 Å². The number of aryl methyl sites for hydroxylation is 1. The molecular formula is C15H19N3O4S2. The minimum absolute atomic E-state index is 0.0400. The van der Waals surface area contributed by atoms with Gasteiger partial charge < -0.3 is 4.74 Å². The number of aromatic nitrogens is 2. The molecule has 0 unspecified atom stereocenters. The summed E-state index contributed by atoms with van der Waals surface area (Å²) in [6, 6.07) is 1.41. The third-order valence-corrected chi connectivity index (χ3v) is 6.58. The Morgan fingerprint density at radius 1 is 1.42 bits per heavy atom. The summed E-state index contributed by atoms with van der Waals surface area (Å²) >= 11 is 1.05. The van der Waals surface area contributed by atoms with Gasteiger partial charge in [0.25, 0.3) is 0 Å². The smallest absolute Gasteiger partial charge is 0.349 e. The molecule has 1 aliphatic carbocycles. The zero-order chi connectivity index (χ0) is 17.2. The number of methoxy groups -OCH3 is 1. The second kappa shape index (κ2) is 7.04. The maximum atomic E-state index is 12.4. The number of thiophene rings is 1. The zero-order valence-corrected chi connectivity index (χ0v) is 15.0. The van der Waals surface area contributed by atoms with Gasteiger partial charge in [-0.2, -0.15) is 5.10 Å². The molecule has 0 atom stereocenters. The van der Waals surface area contributed by atoms with Crippen molar-refractivity contribution in [2.75, 3.05) is 13.7 Å². The molecule has 3 rings (SSSR count). The minimum atomic E-state index is -3.76. The van der Waals surface area contributed by atoms with Crippen molar-refractivity contribution in [2.45, 2.75) is 37.1 Å². The van der Waals surface area contributed by atoms with Gasteiger partial charge in [0.2, 0.25) is 10.0 Å². The van der Waals surface area contributed by atoms with E-state index >= 15 is 0 Å². The highest BCUT2D eigenvalue weighted by molar-refractivity contribution is 7.89. The lowest BCUT2D eigenvalue weighted by Crippen LogP contribution is -2.29. The molecule has 2 aromatic heterocycles. The molecule has 0 fully saturated rings. The van der Waals surface area contributed by atoms with Gasteiger partial charge in [-0.25, -0.2) is 17.9 Å². The van der Waals surface area contributed by atoms with Crippen molar-refractivity contribution in [1.82, 2.24) is 14.5 Å². The Morgan fingerprint density at radius 2 is 2.21 bits per heavy atom. The zero-order valence-electron chi connectivity index (χ0n) is 13.3. The summed E-state index contributed by atoms with van der Waals surface area (Å²) in [6.07, 6.45) is 6.22. The van der Waals surface area contributed by atoms with Crippen LogP contribution in [-0.4, -0.2) is 37.8 Å². The summed E-state index contributed by atoms with van der Waals surface area (Å²) in [7, 11) is -2.53. The quantitative estimate of drug-likeness (QED) is 0.781. The number of rotatable bonds is 6. The van der Waals surface area contributed by atoms with Crippen LogP contribution in [0.1, 0.15) is 33.8 Å². The number of carbonyl (C=O) groups excluding carboxylic acids is 1. The molecule has 0 bridgehead atoms. The summed E-state index contributed by atoms with van der Waals surface area (Å²) in [6.45, 7) is 0.680. The maximum Gasteiger partial charge on any atom is 0.349 e. The number of carbonyl (C=O) groups is 1. The molecule has 130 valence electrons. The number of hydrogen-bond donors (Lipinski definition) is 1. The van der Waals surface area contributed by atoms with Gasteiger partial charge in [-0.15, -0.1) is 11.3 Å². The number of sulfonamides is 1. The fourth-order valence-corrected chi connectivity index (χ4v) is 5.22. The van der Waals surface area contributed by atoms with Crippen LogP contribution in [0.15, 0.2) is 22.5 Å². The molecule has 2 aromatic rings. The summed E-state index contributed by atoms with van der Waals surface area (Å²) in [5.41, 5.74) is 2.46. The SMILES string of the molecule is COC(=O)c1sccc1S(=O)(=O)NCCn1ncc2c1CCCC2. The monoisotopic (exact) mass is 369 g/mol. The van der Waals surface area contributed by atoms with Gasteiger partial charge in [-0.3, -0.25) is 4.68 Å². The number of ether oxygens (including phenoxy) is 1. The Bertz CT molecular complexity index is 839. The van der Waals surface area contributed by atoms with Crippen LogP contribution in [0.4, 0.5) is 0 Å². The molecule has 9 heteroatoms. The van der Waals surface area contributed by atoms with Crippen LogP contribution in [0, 0.1) is 0 Å². The van der Waals surface area contributed by atoms with Gasteiger partial charge in [-0.1, -0.05) is 0 Å². The fourth-order valence-electron chi connectivity index (χ4n) is 2.86. The summed E-state index contributed by atoms with van der Waals surface area (Å²) < 4.78 is 33.8. The summed E-state index contributed by atoms with van der Waals surface area (Å²) in [5.74, 6) is -0.647. The normalized spacial score (nSPS) is 14.4. The second-order valence-corrected chi connectivity index (χ2v) is 8.20. The topological polar surface area (TPSA) is 90.3 Å². The third kappa shape index (κ3) is 3.38. The predicted octanol–water partition coefficient (Wildman–Crippen LogP) is 1.59. The van der Waals surface area contributed by atoms with Gasteiger partial charge in [-0.05, 0) is 42.7 Å². The standard InChI is InChI=1S/C15H19N3O4S2/c1-22-15(19)14-13(6-9-23-14)24(20,21)17-7-8-18-12-5-3-2-4-11(12)10-16-18/h6,9-10,17H,2-5,7-8H2,1H3. The molecule has 0 aliphatic heterocycles. The number of fused-ring (bicyclic) bond motifs is 1. The Labute approximate surface area is 144 Å². The van der Waals surface area contributed by atoms with Crippen molar-refractivity contribution in [2.24, 2.45) is 0 Å². The summed E-state index contributed by atoms with van der Waals surface area (Å²) in [4.78, 5) is 11.7. The van der Waals surface area contributed by atoms with E-state index in [1.54, 1.807) is 5.38 Å². The molecule has 24 heavy (non-hydrogen) atoms. The van der Waals surface area contributed by atoms with Gasteiger partial charge in [0, 0.05) is 12.2 Å². The predicted molar refractivity (Wildman–Crippen MR) is 89.7 cm³/mol. The molecule has 0 aromatic carbocycles. The highest BCUT2D eigenvalue weighted by atomic mass is 32.2. The number of nitrogens with one attached hydrogen (secondary N) is 1. The molecule has 7 nitrogen and oxygen atoms in total. The Morgan fingerprint density at radius 3 is 3.00 bits per heavy atom. The van der Waals surface area contributed by atoms with E-state index in [0.717, 1.165) is 30.6 Å². The lowest BCUT2D eigenvalue weighted by atomic mass is 9.98. The van der Waals surface area contributed by atoms with E-state index in [2.05, 4.69) is 14.6 Å². The van der Waals surface area contributed by atoms with Crippen LogP contribution in [0.3, 0.4) is 0 Å². The Balaban J connectivity index is 1.67. The molecule has 0 amide bonds. The highest BCUT2D eigenvalue weighted by Gasteiger charge is 2.24. The first kappa shape index (κ1) is 17.1. The van der Waals surface area contributed by atoms with Crippen LogP contribution in [0.5, 0.6) is 0 Å². The van der Waals surface area contributed by atoms with Gasteiger partial charge in [0.1, 0.15) is 9.77 Å². The van der Waals surface area contributed by atoms with E-state index in [-0.39, 0.29) is 16.3 Å². The van der Waals surface area contributed by atoms with Crippen molar-refractivity contribution >= 4 is 27.3 Å². The van der Waals surface area contributed by atoms with Crippen LogP contribution in [0.2, 0.25) is 0 Å². The van der Waals surface area contributed by atoms with Crippen LogP contribution in [-0.2, 0) is 34.1 Å². The average molecular weight is 369 g/mol. The first-order valence-electron chi connectivity index (χ1n) is 7.72. The molecule has 0 saturated heterocycles. The van der Waals surface area contributed by atoms with Crippen molar-refractivity contribution in [1.29, 1.82) is 0 Å². The largest absolute Gasteiger partial charge is 0.465 e. The van der Waals surface area contributed by atoms with E-state index in [0.29, 0.717) is 6.54 Å². The van der Waals surface area contributed by atoms with Gasteiger partial charge in [0.05, 0.1) is 19.9 Å².